The predicted molar refractivity (Wildman–Crippen MR) is 110 cm³/mol. The minimum absolute atomic E-state index is 0.118. The fraction of sp³-hybridized carbons (Fsp3) is 0.217. The molecule has 0 saturated carbocycles. The Bertz CT molecular complexity index is 1160. The van der Waals surface area contributed by atoms with Gasteiger partial charge in [-0.05, 0) is 24.0 Å². The van der Waals surface area contributed by atoms with E-state index in [0.29, 0.717) is 17.6 Å². The minimum atomic E-state index is -0.118. The molecule has 0 radical (unpaired) electrons. The Hall–Kier alpha value is -3.18. The molecular weight excluding hydrogens is 350 g/mol. The van der Waals surface area contributed by atoms with E-state index in [0.717, 1.165) is 41.8 Å². The summed E-state index contributed by atoms with van der Waals surface area (Å²) in [5.74, 6) is 0. The average Bonchev–Trinajstić information content (AvgIpc) is 3.37. The lowest BCUT2D eigenvalue weighted by molar-refractivity contribution is 0.0982. The highest BCUT2D eigenvalue weighted by Crippen LogP contribution is 2.39. The van der Waals surface area contributed by atoms with Crippen LogP contribution >= 0.6 is 0 Å². The van der Waals surface area contributed by atoms with Gasteiger partial charge in [0, 0.05) is 12.2 Å². The van der Waals surface area contributed by atoms with Crippen molar-refractivity contribution in [2.24, 2.45) is 0 Å². The molecule has 2 aromatic carbocycles. The van der Waals surface area contributed by atoms with E-state index in [4.69, 9.17) is 4.74 Å². The largest absolute Gasteiger partial charge is 0.376 e. The second-order valence-electron chi connectivity index (χ2n) is 7.13. The molecule has 3 heterocycles. The van der Waals surface area contributed by atoms with Crippen LogP contribution < -0.4 is 5.56 Å². The van der Waals surface area contributed by atoms with Crippen LogP contribution in [0.1, 0.15) is 12.8 Å². The number of hydrogen-bond donors (Lipinski definition) is 1. The Morgan fingerprint density at radius 1 is 1.04 bits per heavy atom. The number of nitrogens with one attached hydrogen (secondary N) is 1. The van der Waals surface area contributed by atoms with Gasteiger partial charge in [-0.15, -0.1) is 0 Å². The number of fused-ring (bicyclic) bond motifs is 1. The molecule has 5 rings (SSSR count). The van der Waals surface area contributed by atoms with Crippen molar-refractivity contribution in [1.82, 2.24) is 14.5 Å². The summed E-state index contributed by atoms with van der Waals surface area (Å²) < 4.78 is 8.07. The molecule has 1 N–H and O–H groups in total. The number of aromatic nitrogens is 3. The summed E-state index contributed by atoms with van der Waals surface area (Å²) >= 11 is 0. The first-order valence-electron chi connectivity index (χ1n) is 9.65. The molecule has 1 fully saturated rings. The molecule has 0 amide bonds. The van der Waals surface area contributed by atoms with Crippen LogP contribution in [0.4, 0.5) is 0 Å². The van der Waals surface area contributed by atoms with Crippen molar-refractivity contribution in [2.75, 3.05) is 6.61 Å². The van der Waals surface area contributed by atoms with Crippen molar-refractivity contribution in [2.45, 2.75) is 25.5 Å². The van der Waals surface area contributed by atoms with Gasteiger partial charge in [-0.2, -0.15) is 0 Å². The minimum Gasteiger partial charge on any atom is -0.376 e. The van der Waals surface area contributed by atoms with Crippen molar-refractivity contribution >= 4 is 11.0 Å². The standard InChI is InChI=1S/C23H21N3O2/c27-23-20-19(16-8-3-1-4-9-16)21(17-10-5-2-6-11-17)26(22(20)24-15-25-23)14-18-12-7-13-28-18/h1-6,8-11,15,18H,7,12-14H2,(H,24,25,27)/t18-/m1/s1. The monoisotopic (exact) mass is 371 g/mol. The number of aromatic amines is 1. The van der Waals surface area contributed by atoms with Gasteiger partial charge in [-0.3, -0.25) is 4.79 Å². The lowest BCUT2D eigenvalue weighted by atomic mass is 9.99. The van der Waals surface area contributed by atoms with Gasteiger partial charge >= 0.3 is 0 Å². The molecule has 0 unspecified atom stereocenters. The molecule has 2 aromatic heterocycles. The summed E-state index contributed by atoms with van der Waals surface area (Å²) in [6.07, 6.45) is 3.73. The molecule has 0 bridgehead atoms. The SMILES string of the molecule is O=c1[nH]cnc2c1c(-c1ccccc1)c(-c1ccccc1)n2C[C@H]1CCCO1. The lowest BCUT2D eigenvalue weighted by Crippen LogP contribution is -2.16. The molecule has 0 spiro atoms. The van der Waals surface area contributed by atoms with Gasteiger partial charge in [-0.1, -0.05) is 60.7 Å². The van der Waals surface area contributed by atoms with Crippen LogP contribution in [0.15, 0.2) is 71.8 Å². The number of ether oxygens (including phenoxy) is 1. The summed E-state index contributed by atoms with van der Waals surface area (Å²) in [6.45, 7) is 1.48. The van der Waals surface area contributed by atoms with Crippen LogP contribution in [-0.4, -0.2) is 27.2 Å². The maximum absolute atomic E-state index is 12.9. The number of hydrogen-bond acceptors (Lipinski definition) is 3. The molecule has 1 atom stereocenters. The molecule has 5 nitrogen and oxygen atoms in total. The van der Waals surface area contributed by atoms with E-state index < -0.39 is 0 Å². The zero-order valence-corrected chi connectivity index (χ0v) is 15.5. The molecule has 0 aliphatic carbocycles. The van der Waals surface area contributed by atoms with E-state index in [1.165, 1.54) is 6.33 Å². The summed E-state index contributed by atoms with van der Waals surface area (Å²) in [4.78, 5) is 20.2. The van der Waals surface area contributed by atoms with E-state index >= 15 is 0 Å². The highest BCUT2D eigenvalue weighted by molar-refractivity contribution is 6.02. The van der Waals surface area contributed by atoms with Crippen LogP contribution in [0, 0.1) is 0 Å². The van der Waals surface area contributed by atoms with Crippen LogP contribution in [0.3, 0.4) is 0 Å². The third-order valence-electron chi connectivity index (χ3n) is 5.37. The number of nitrogens with zero attached hydrogens (tertiary/aromatic N) is 2. The van der Waals surface area contributed by atoms with E-state index in [1.54, 1.807) is 0 Å². The first-order chi connectivity index (χ1) is 13.8. The van der Waals surface area contributed by atoms with Crippen LogP contribution in [-0.2, 0) is 11.3 Å². The predicted octanol–water partition coefficient (Wildman–Crippen LogP) is 4.24. The van der Waals surface area contributed by atoms with Crippen LogP contribution in [0.25, 0.3) is 33.4 Å². The normalized spacial score (nSPS) is 16.6. The maximum Gasteiger partial charge on any atom is 0.260 e. The zero-order chi connectivity index (χ0) is 18.9. The van der Waals surface area contributed by atoms with Gasteiger partial charge in [0.2, 0.25) is 0 Å². The third kappa shape index (κ3) is 2.84. The second kappa shape index (κ2) is 7.09. The summed E-state index contributed by atoms with van der Waals surface area (Å²) in [7, 11) is 0. The van der Waals surface area contributed by atoms with Gasteiger partial charge in [-0.25, -0.2) is 4.98 Å². The van der Waals surface area contributed by atoms with Crippen molar-refractivity contribution in [3.63, 3.8) is 0 Å². The van der Waals surface area contributed by atoms with Crippen molar-refractivity contribution in [3.05, 3.63) is 77.3 Å². The van der Waals surface area contributed by atoms with Gasteiger partial charge in [0.25, 0.3) is 5.56 Å². The molecule has 5 heteroatoms. The summed E-state index contributed by atoms with van der Waals surface area (Å²) in [5, 5.41) is 0.630. The smallest absolute Gasteiger partial charge is 0.260 e. The van der Waals surface area contributed by atoms with Crippen LogP contribution in [0.5, 0.6) is 0 Å². The van der Waals surface area contributed by atoms with Crippen molar-refractivity contribution in [1.29, 1.82) is 0 Å². The third-order valence-corrected chi connectivity index (χ3v) is 5.37. The summed E-state index contributed by atoms with van der Waals surface area (Å²) in [6, 6.07) is 20.3. The Balaban J connectivity index is 1.86. The van der Waals surface area contributed by atoms with Gasteiger partial charge in [0.15, 0.2) is 0 Å². The topological polar surface area (TPSA) is 59.9 Å². The fourth-order valence-corrected chi connectivity index (χ4v) is 4.13. The summed E-state index contributed by atoms with van der Waals surface area (Å²) in [5.41, 5.74) is 4.60. The molecule has 140 valence electrons. The van der Waals surface area contributed by atoms with E-state index in [-0.39, 0.29) is 11.7 Å². The lowest BCUT2D eigenvalue weighted by Gasteiger charge is -2.16. The van der Waals surface area contributed by atoms with Crippen molar-refractivity contribution in [3.8, 4) is 22.4 Å². The first-order valence-corrected chi connectivity index (χ1v) is 9.65. The Labute approximate surface area is 162 Å². The molecule has 1 saturated heterocycles. The number of H-pyrrole nitrogens is 1. The van der Waals surface area contributed by atoms with Crippen molar-refractivity contribution < 1.29 is 4.74 Å². The quantitative estimate of drug-likeness (QED) is 0.584. The number of rotatable bonds is 4. The average molecular weight is 371 g/mol. The Morgan fingerprint density at radius 2 is 1.75 bits per heavy atom. The first kappa shape index (κ1) is 17.0. The Morgan fingerprint density at radius 3 is 2.43 bits per heavy atom. The van der Waals surface area contributed by atoms with Gasteiger partial charge < -0.3 is 14.3 Å². The number of benzene rings is 2. The molecule has 1 aliphatic heterocycles. The molecular formula is C23H21N3O2. The fourth-order valence-electron chi connectivity index (χ4n) is 4.13. The van der Waals surface area contributed by atoms with E-state index in [2.05, 4.69) is 26.7 Å². The second-order valence-corrected chi connectivity index (χ2v) is 7.13. The van der Waals surface area contributed by atoms with E-state index in [1.807, 2.05) is 48.5 Å². The molecule has 1 aliphatic rings. The molecule has 4 aromatic rings. The van der Waals surface area contributed by atoms with Crippen LogP contribution in [0.2, 0.25) is 0 Å². The van der Waals surface area contributed by atoms with Gasteiger partial charge in [0.1, 0.15) is 5.65 Å². The molecule has 28 heavy (non-hydrogen) atoms. The highest BCUT2D eigenvalue weighted by Gasteiger charge is 2.26. The zero-order valence-electron chi connectivity index (χ0n) is 15.5. The van der Waals surface area contributed by atoms with E-state index in [9.17, 15) is 4.79 Å². The Kier molecular flexibility index (Phi) is 4.29. The van der Waals surface area contributed by atoms with Gasteiger partial charge in [0.05, 0.1) is 30.1 Å². The highest BCUT2D eigenvalue weighted by atomic mass is 16.5. The maximum atomic E-state index is 12.9.